The Labute approximate surface area is 118 Å². The van der Waals surface area contributed by atoms with Crippen LogP contribution in [0.4, 0.5) is 13.2 Å². The second-order valence-corrected chi connectivity index (χ2v) is 6.04. The largest absolute Gasteiger partial charge is 0.416 e. The number of nitrogens with two attached hydrogens (primary N) is 1. The summed E-state index contributed by atoms with van der Waals surface area (Å²) in [5.74, 6) is 0.710. The lowest BCUT2D eigenvalue weighted by atomic mass is 9.71. The van der Waals surface area contributed by atoms with E-state index in [1.807, 2.05) is 0 Å². The van der Waals surface area contributed by atoms with Gasteiger partial charge in [0.2, 0.25) is 0 Å². The molecule has 0 atom stereocenters. The van der Waals surface area contributed by atoms with Gasteiger partial charge in [-0.1, -0.05) is 19.4 Å². The van der Waals surface area contributed by atoms with E-state index < -0.39 is 17.3 Å². The van der Waals surface area contributed by atoms with E-state index in [9.17, 15) is 13.2 Å². The first-order valence-electron chi connectivity index (χ1n) is 7.23. The normalized spacial score (nSPS) is 27.6. The zero-order chi connectivity index (χ0) is 15.0. The summed E-state index contributed by atoms with van der Waals surface area (Å²) in [6, 6.07) is 3.95. The minimum absolute atomic E-state index is 0.458. The van der Waals surface area contributed by atoms with Gasteiger partial charge in [-0.3, -0.25) is 0 Å². The molecule has 1 aliphatic carbocycles. The molecule has 0 spiro atoms. The predicted molar refractivity (Wildman–Crippen MR) is 74.3 cm³/mol. The van der Waals surface area contributed by atoms with Crippen LogP contribution in [-0.2, 0) is 11.7 Å². The molecular weight excluding hydrogens is 263 g/mol. The maximum Gasteiger partial charge on any atom is 0.416 e. The smallest absolute Gasteiger partial charge is 0.321 e. The maximum atomic E-state index is 12.7. The molecular formula is C16H22F3N. The Bertz CT molecular complexity index is 471. The summed E-state index contributed by atoms with van der Waals surface area (Å²) < 4.78 is 38.1. The molecule has 0 amide bonds. The van der Waals surface area contributed by atoms with Crippen molar-refractivity contribution in [3.63, 3.8) is 0 Å². The summed E-state index contributed by atoms with van der Waals surface area (Å²) in [6.45, 7) is 3.91. The van der Waals surface area contributed by atoms with Crippen LogP contribution in [0.25, 0.3) is 0 Å². The van der Waals surface area contributed by atoms with Gasteiger partial charge >= 0.3 is 6.18 Å². The first kappa shape index (κ1) is 15.4. The zero-order valence-corrected chi connectivity index (χ0v) is 12.1. The molecule has 0 heterocycles. The molecule has 2 rings (SSSR count). The van der Waals surface area contributed by atoms with E-state index in [0.29, 0.717) is 11.5 Å². The van der Waals surface area contributed by atoms with Crippen molar-refractivity contribution < 1.29 is 13.2 Å². The van der Waals surface area contributed by atoms with Gasteiger partial charge in [-0.2, -0.15) is 13.2 Å². The Morgan fingerprint density at radius 2 is 1.85 bits per heavy atom. The maximum absolute atomic E-state index is 12.7. The Balaban J connectivity index is 2.25. The van der Waals surface area contributed by atoms with E-state index in [4.69, 9.17) is 5.73 Å². The van der Waals surface area contributed by atoms with Crippen molar-refractivity contribution in [2.24, 2.45) is 11.7 Å². The number of rotatable bonds is 2. The Hall–Kier alpha value is -1.03. The lowest BCUT2D eigenvalue weighted by Gasteiger charge is -2.38. The molecule has 0 unspecified atom stereocenters. The number of hydrogen-bond donors (Lipinski definition) is 1. The first-order chi connectivity index (χ1) is 9.26. The van der Waals surface area contributed by atoms with Crippen LogP contribution < -0.4 is 5.73 Å². The van der Waals surface area contributed by atoms with Crippen LogP contribution >= 0.6 is 0 Å². The van der Waals surface area contributed by atoms with Crippen molar-refractivity contribution >= 4 is 0 Å². The fourth-order valence-electron chi connectivity index (χ4n) is 3.27. The van der Waals surface area contributed by atoms with Crippen molar-refractivity contribution in [2.75, 3.05) is 0 Å². The molecule has 1 aromatic rings. The zero-order valence-electron chi connectivity index (χ0n) is 12.1. The summed E-state index contributed by atoms with van der Waals surface area (Å²) in [7, 11) is 0. The van der Waals surface area contributed by atoms with E-state index in [-0.39, 0.29) is 0 Å². The van der Waals surface area contributed by atoms with Crippen LogP contribution in [0.15, 0.2) is 18.2 Å². The monoisotopic (exact) mass is 285 g/mol. The van der Waals surface area contributed by atoms with Crippen molar-refractivity contribution in [3.8, 4) is 0 Å². The van der Waals surface area contributed by atoms with E-state index in [0.717, 1.165) is 43.7 Å². The first-order valence-corrected chi connectivity index (χ1v) is 7.23. The van der Waals surface area contributed by atoms with E-state index in [2.05, 4.69) is 6.92 Å². The average molecular weight is 285 g/mol. The van der Waals surface area contributed by atoms with Gasteiger partial charge in [-0.15, -0.1) is 0 Å². The molecule has 1 fully saturated rings. The highest BCUT2D eigenvalue weighted by atomic mass is 19.4. The summed E-state index contributed by atoms with van der Waals surface area (Å²) in [5.41, 5.74) is 6.95. The third-order valence-electron chi connectivity index (χ3n) is 4.66. The molecule has 0 saturated heterocycles. The summed E-state index contributed by atoms with van der Waals surface area (Å²) >= 11 is 0. The van der Waals surface area contributed by atoms with Crippen LogP contribution in [0.5, 0.6) is 0 Å². The van der Waals surface area contributed by atoms with Gasteiger partial charge in [0.1, 0.15) is 0 Å². The Kier molecular flexibility index (Phi) is 4.14. The highest BCUT2D eigenvalue weighted by Gasteiger charge is 2.36. The van der Waals surface area contributed by atoms with Crippen LogP contribution in [0, 0.1) is 12.8 Å². The number of benzene rings is 1. The second kappa shape index (κ2) is 5.40. The van der Waals surface area contributed by atoms with Gasteiger partial charge in [0.15, 0.2) is 0 Å². The molecule has 0 radical (unpaired) electrons. The van der Waals surface area contributed by atoms with E-state index >= 15 is 0 Å². The van der Waals surface area contributed by atoms with Crippen LogP contribution in [-0.4, -0.2) is 0 Å². The molecule has 20 heavy (non-hydrogen) atoms. The molecule has 0 aliphatic heterocycles. The Morgan fingerprint density at radius 3 is 2.30 bits per heavy atom. The molecule has 112 valence electrons. The standard InChI is InChI=1S/C16H22F3N/c1-3-12-6-8-15(20,9-7-12)14-5-4-13(10-11(14)2)16(17,18)19/h4-5,10,12H,3,6-9,20H2,1-2H3. The van der Waals surface area contributed by atoms with Gasteiger partial charge in [-0.05, 0) is 61.8 Å². The fourth-order valence-corrected chi connectivity index (χ4v) is 3.27. The molecule has 2 N–H and O–H groups in total. The fraction of sp³-hybridized carbons (Fsp3) is 0.625. The van der Waals surface area contributed by atoms with Crippen molar-refractivity contribution in [1.29, 1.82) is 0 Å². The molecule has 1 aromatic carbocycles. The molecule has 0 bridgehead atoms. The van der Waals surface area contributed by atoms with Gasteiger partial charge in [0.25, 0.3) is 0 Å². The third kappa shape index (κ3) is 3.00. The topological polar surface area (TPSA) is 26.0 Å². The highest BCUT2D eigenvalue weighted by Crippen LogP contribution is 2.41. The Morgan fingerprint density at radius 1 is 1.25 bits per heavy atom. The van der Waals surface area contributed by atoms with Crippen LogP contribution in [0.1, 0.15) is 55.7 Å². The molecule has 1 saturated carbocycles. The summed E-state index contributed by atoms with van der Waals surface area (Å²) in [6.07, 6.45) is 0.712. The third-order valence-corrected chi connectivity index (χ3v) is 4.66. The molecule has 0 aromatic heterocycles. The molecule has 1 aliphatic rings. The predicted octanol–water partition coefficient (Wildman–Crippen LogP) is 4.77. The van der Waals surface area contributed by atoms with Gasteiger partial charge in [-0.25, -0.2) is 0 Å². The SMILES string of the molecule is CCC1CCC(N)(c2ccc(C(F)(F)F)cc2C)CC1. The molecule has 1 nitrogen and oxygen atoms in total. The second-order valence-electron chi connectivity index (χ2n) is 6.04. The van der Waals surface area contributed by atoms with Gasteiger partial charge in [0, 0.05) is 5.54 Å². The van der Waals surface area contributed by atoms with Crippen molar-refractivity contribution in [1.82, 2.24) is 0 Å². The quantitative estimate of drug-likeness (QED) is 0.832. The van der Waals surface area contributed by atoms with Gasteiger partial charge in [0.05, 0.1) is 5.56 Å². The van der Waals surface area contributed by atoms with E-state index in [1.165, 1.54) is 6.07 Å². The molecule has 4 heteroatoms. The minimum atomic E-state index is -4.29. The number of hydrogen-bond acceptors (Lipinski definition) is 1. The van der Waals surface area contributed by atoms with Gasteiger partial charge < -0.3 is 5.73 Å². The van der Waals surface area contributed by atoms with Crippen LogP contribution in [0.3, 0.4) is 0 Å². The lowest BCUT2D eigenvalue weighted by molar-refractivity contribution is -0.137. The van der Waals surface area contributed by atoms with Crippen LogP contribution in [0.2, 0.25) is 0 Å². The summed E-state index contributed by atoms with van der Waals surface area (Å²) in [5, 5.41) is 0. The van der Waals surface area contributed by atoms with Crippen molar-refractivity contribution in [3.05, 3.63) is 34.9 Å². The lowest BCUT2D eigenvalue weighted by Crippen LogP contribution is -2.41. The van der Waals surface area contributed by atoms with E-state index in [1.54, 1.807) is 13.0 Å². The highest BCUT2D eigenvalue weighted by molar-refractivity contribution is 5.37. The van der Waals surface area contributed by atoms with Crippen molar-refractivity contribution in [2.45, 2.75) is 57.7 Å². The number of halogens is 3. The number of alkyl halides is 3. The average Bonchev–Trinajstić information content (AvgIpc) is 2.38. The minimum Gasteiger partial charge on any atom is -0.321 e. The summed E-state index contributed by atoms with van der Waals surface area (Å²) in [4.78, 5) is 0. The number of aryl methyl sites for hydroxylation is 1.